The lowest BCUT2D eigenvalue weighted by molar-refractivity contribution is 0.475. The van der Waals surface area contributed by atoms with Gasteiger partial charge < -0.3 is 5.11 Å². The standard InChI is InChI=1S/C13H11F2NO3S/c1-16(10-3-5-11(17)6-4-10)20(18,19)13-8-9(14)2-7-12(13)15/h2-8,17H,1H3. The summed E-state index contributed by atoms with van der Waals surface area (Å²) in [6.45, 7) is 0. The summed E-state index contributed by atoms with van der Waals surface area (Å²) in [6, 6.07) is 7.52. The van der Waals surface area contributed by atoms with E-state index in [0.29, 0.717) is 6.07 Å². The maximum Gasteiger partial charge on any atom is 0.267 e. The molecule has 2 aromatic rings. The van der Waals surface area contributed by atoms with Crippen LogP contribution in [0.2, 0.25) is 0 Å². The van der Waals surface area contributed by atoms with Crippen LogP contribution in [0.5, 0.6) is 5.75 Å². The summed E-state index contributed by atoms with van der Waals surface area (Å²) < 4.78 is 52.0. The zero-order valence-corrected chi connectivity index (χ0v) is 11.2. The molecule has 0 aromatic heterocycles. The number of nitrogens with zero attached hydrogens (tertiary/aromatic N) is 1. The van der Waals surface area contributed by atoms with Gasteiger partial charge in [0.05, 0.1) is 5.69 Å². The average Bonchev–Trinajstić information content (AvgIpc) is 2.41. The SMILES string of the molecule is CN(c1ccc(O)cc1)S(=O)(=O)c1cc(F)ccc1F. The van der Waals surface area contributed by atoms with Gasteiger partial charge in [-0.1, -0.05) is 0 Å². The Kier molecular flexibility index (Phi) is 3.63. The van der Waals surface area contributed by atoms with Crippen LogP contribution in [0.1, 0.15) is 0 Å². The van der Waals surface area contributed by atoms with Gasteiger partial charge in [0, 0.05) is 7.05 Å². The van der Waals surface area contributed by atoms with E-state index in [9.17, 15) is 17.2 Å². The van der Waals surface area contributed by atoms with Crippen LogP contribution in [0, 0.1) is 11.6 Å². The van der Waals surface area contributed by atoms with Gasteiger partial charge >= 0.3 is 0 Å². The average molecular weight is 299 g/mol. The van der Waals surface area contributed by atoms with Crippen LogP contribution in [0.25, 0.3) is 0 Å². The number of sulfonamides is 1. The van der Waals surface area contributed by atoms with Gasteiger partial charge in [-0.3, -0.25) is 4.31 Å². The Morgan fingerprint density at radius 3 is 2.25 bits per heavy atom. The minimum atomic E-state index is -4.22. The molecule has 0 fully saturated rings. The lowest BCUT2D eigenvalue weighted by atomic mass is 10.3. The van der Waals surface area contributed by atoms with Crippen molar-refractivity contribution in [2.45, 2.75) is 4.90 Å². The first-order chi connectivity index (χ1) is 9.32. The van der Waals surface area contributed by atoms with Gasteiger partial charge in [0.2, 0.25) is 0 Å². The number of phenols is 1. The number of hydrogen-bond donors (Lipinski definition) is 1. The zero-order chi connectivity index (χ0) is 14.9. The summed E-state index contributed by atoms with van der Waals surface area (Å²) in [5.74, 6) is -1.91. The van der Waals surface area contributed by atoms with Crippen LogP contribution in [-0.2, 0) is 10.0 Å². The topological polar surface area (TPSA) is 57.6 Å². The summed E-state index contributed by atoms with van der Waals surface area (Å²) in [6.07, 6.45) is 0. The maximum atomic E-state index is 13.6. The van der Waals surface area contributed by atoms with E-state index in [0.717, 1.165) is 16.4 Å². The lowest BCUT2D eigenvalue weighted by Gasteiger charge is -2.19. The molecule has 4 nitrogen and oxygen atoms in total. The molecule has 0 radical (unpaired) electrons. The first-order valence-electron chi connectivity index (χ1n) is 5.55. The molecular formula is C13H11F2NO3S. The van der Waals surface area contributed by atoms with Crippen molar-refractivity contribution in [1.29, 1.82) is 0 Å². The third kappa shape index (κ3) is 2.57. The van der Waals surface area contributed by atoms with Gasteiger partial charge in [-0.25, -0.2) is 17.2 Å². The van der Waals surface area contributed by atoms with Crippen LogP contribution in [0.4, 0.5) is 14.5 Å². The predicted molar refractivity (Wildman–Crippen MR) is 70.1 cm³/mol. The van der Waals surface area contributed by atoms with E-state index in [1.165, 1.54) is 31.3 Å². The highest BCUT2D eigenvalue weighted by molar-refractivity contribution is 7.92. The second kappa shape index (κ2) is 5.09. The van der Waals surface area contributed by atoms with E-state index in [4.69, 9.17) is 5.11 Å². The van der Waals surface area contributed by atoms with E-state index in [2.05, 4.69) is 0 Å². The Labute approximate surface area is 114 Å². The first-order valence-corrected chi connectivity index (χ1v) is 6.99. The van der Waals surface area contributed by atoms with Crippen LogP contribution < -0.4 is 4.31 Å². The summed E-state index contributed by atoms with van der Waals surface area (Å²) >= 11 is 0. The molecule has 2 rings (SSSR count). The highest BCUT2D eigenvalue weighted by atomic mass is 32.2. The molecule has 7 heteroatoms. The number of halogens is 2. The largest absolute Gasteiger partial charge is 0.508 e. The van der Waals surface area contributed by atoms with Crippen molar-refractivity contribution in [2.24, 2.45) is 0 Å². The first kappa shape index (κ1) is 14.3. The Morgan fingerprint density at radius 1 is 1.05 bits per heavy atom. The van der Waals surface area contributed by atoms with E-state index >= 15 is 0 Å². The monoisotopic (exact) mass is 299 g/mol. The molecule has 0 heterocycles. The molecule has 0 aliphatic heterocycles. The smallest absolute Gasteiger partial charge is 0.267 e. The van der Waals surface area contributed by atoms with Crippen molar-refractivity contribution < 1.29 is 22.3 Å². The molecule has 0 saturated carbocycles. The van der Waals surface area contributed by atoms with Crippen molar-refractivity contribution in [1.82, 2.24) is 0 Å². The minimum absolute atomic E-state index is 0.0310. The number of anilines is 1. The molecule has 0 aliphatic rings. The van der Waals surface area contributed by atoms with E-state index in [1.807, 2.05) is 0 Å². The fourth-order valence-electron chi connectivity index (χ4n) is 1.62. The highest BCUT2D eigenvalue weighted by Gasteiger charge is 2.25. The summed E-state index contributed by atoms with van der Waals surface area (Å²) in [4.78, 5) is -0.743. The Balaban J connectivity index is 2.49. The Hall–Kier alpha value is -2.15. The van der Waals surface area contributed by atoms with Crippen molar-refractivity contribution in [3.63, 3.8) is 0 Å². The van der Waals surface area contributed by atoms with Gasteiger partial charge in [-0.05, 0) is 42.5 Å². The normalized spacial score (nSPS) is 11.3. The van der Waals surface area contributed by atoms with Crippen molar-refractivity contribution in [3.8, 4) is 5.75 Å². The van der Waals surface area contributed by atoms with Crippen LogP contribution in [-0.4, -0.2) is 20.6 Å². The fraction of sp³-hybridized carbons (Fsp3) is 0.0769. The maximum absolute atomic E-state index is 13.6. The molecule has 0 unspecified atom stereocenters. The number of rotatable bonds is 3. The third-order valence-corrected chi connectivity index (χ3v) is 4.55. The summed E-state index contributed by atoms with van der Waals surface area (Å²) in [5, 5.41) is 9.16. The van der Waals surface area contributed by atoms with E-state index in [-0.39, 0.29) is 11.4 Å². The lowest BCUT2D eigenvalue weighted by Crippen LogP contribution is -2.27. The Morgan fingerprint density at radius 2 is 1.65 bits per heavy atom. The fourth-order valence-corrected chi connectivity index (χ4v) is 2.89. The van der Waals surface area contributed by atoms with Crippen LogP contribution in [0.15, 0.2) is 47.4 Å². The molecule has 0 spiro atoms. The second-order valence-electron chi connectivity index (χ2n) is 4.06. The molecule has 2 aromatic carbocycles. The molecule has 0 aliphatic carbocycles. The number of aromatic hydroxyl groups is 1. The Bertz CT molecular complexity index is 730. The molecule has 20 heavy (non-hydrogen) atoms. The van der Waals surface area contributed by atoms with Crippen LogP contribution in [0.3, 0.4) is 0 Å². The molecule has 0 bridgehead atoms. The molecule has 106 valence electrons. The van der Waals surface area contributed by atoms with E-state index < -0.39 is 26.6 Å². The van der Waals surface area contributed by atoms with Gasteiger partial charge in [0.15, 0.2) is 0 Å². The molecule has 1 N–H and O–H groups in total. The summed E-state index contributed by atoms with van der Waals surface area (Å²) in [5.41, 5.74) is 0.214. The minimum Gasteiger partial charge on any atom is -0.508 e. The van der Waals surface area contributed by atoms with Crippen LogP contribution >= 0.6 is 0 Å². The second-order valence-corrected chi connectivity index (χ2v) is 6.00. The predicted octanol–water partition coefficient (Wildman–Crippen LogP) is 2.50. The number of benzene rings is 2. The van der Waals surface area contributed by atoms with E-state index in [1.54, 1.807) is 0 Å². The van der Waals surface area contributed by atoms with Crippen molar-refractivity contribution in [3.05, 3.63) is 54.1 Å². The quantitative estimate of drug-likeness (QED) is 0.947. The van der Waals surface area contributed by atoms with Crippen molar-refractivity contribution in [2.75, 3.05) is 11.4 Å². The van der Waals surface area contributed by atoms with Gasteiger partial charge in [0.1, 0.15) is 22.3 Å². The molecule has 0 atom stereocenters. The zero-order valence-electron chi connectivity index (χ0n) is 10.4. The van der Waals surface area contributed by atoms with Crippen molar-refractivity contribution >= 4 is 15.7 Å². The highest BCUT2D eigenvalue weighted by Crippen LogP contribution is 2.25. The number of hydrogen-bond acceptors (Lipinski definition) is 3. The number of phenolic OH excluding ortho intramolecular Hbond substituents is 1. The summed E-state index contributed by atoms with van der Waals surface area (Å²) in [7, 11) is -3.01. The van der Waals surface area contributed by atoms with Gasteiger partial charge in [-0.2, -0.15) is 0 Å². The van der Waals surface area contributed by atoms with Gasteiger partial charge in [0.25, 0.3) is 10.0 Å². The molecule has 0 amide bonds. The van der Waals surface area contributed by atoms with Gasteiger partial charge in [-0.15, -0.1) is 0 Å². The molecular weight excluding hydrogens is 288 g/mol. The molecule has 0 saturated heterocycles. The third-order valence-electron chi connectivity index (χ3n) is 2.75.